The molecule has 0 aliphatic carbocycles. The molecule has 0 aliphatic rings. The van der Waals surface area contributed by atoms with Gasteiger partial charge in [-0.3, -0.25) is 0 Å². The maximum Gasteiger partial charge on any atom is 0.122 e. The first-order valence-corrected chi connectivity index (χ1v) is 7.35. The lowest BCUT2D eigenvalue weighted by Gasteiger charge is -2.26. The summed E-state index contributed by atoms with van der Waals surface area (Å²) in [5, 5.41) is 10.2. The van der Waals surface area contributed by atoms with Crippen molar-refractivity contribution in [2.45, 2.75) is 52.1 Å². The fraction of sp³-hybridized carbons (Fsp3) is 0.600. The van der Waals surface area contributed by atoms with Crippen LogP contribution < -0.4 is 4.74 Å². The van der Waals surface area contributed by atoms with Crippen molar-refractivity contribution in [1.82, 2.24) is 0 Å². The fourth-order valence-corrected chi connectivity index (χ4v) is 2.15. The third kappa shape index (κ3) is 3.99. The second-order valence-electron chi connectivity index (χ2n) is 5.06. The highest BCUT2D eigenvalue weighted by atomic mass is 79.9. The van der Waals surface area contributed by atoms with Gasteiger partial charge in [0.05, 0.1) is 5.60 Å². The van der Waals surface area contributed by atoms with E-state index in [9.17, 15) is 5.11 Å². The van der Waals surface area contributed by atoms with Crippen LogP contribution in [0.3, 0.4) is 0 Å². The van der Waals surface area contributed by atoms with Gasteiger partial charge in [-0.05, 0) is 42.5 Å². The van der Waals surface area contributed by atoms with Crippen molar-refractivity contribution in [2.24, 2.45) is 0 Å². The van der Waals surface area contributed by atoms with E-state index in [-0.39, 0.29) is 0 Å². The Kier molecular flexibility index (Phi) is 5.67. The van der Waals surface area contributed by atoms with Crippen LogP contribution >= 0.6 is 15.9 Å². The standard InChI is InChI=1S/C15H23BrO2/c1-5-15(17,6-2)10-18-14-8-7-12(16)9-13(14)11(3)4/h7-9,11,17H,5-6,10H2,1-4H3. The Bertz CT molecular complexity index is 384. The zero-order valence-electron chi connectivity index (χ0n) is 11.7. The molecule has 1 rings (SSSR count). The van der Waals surface area contributed by atoms with Crippen LogP contribution in [0.1, 0.15) is 52.0 Å². The van der Waals surface area contributed by atoms with Crippen LogP contribution in [0.5, 0.6) is 5.75 Å². The summed E-state index contributed by atoms with van der Waals surface area (Å²) in [6.07, 6.45) is 1.41. The van der Waals surface area contributed by atoms with Gasteiger partial charge < -0.3 is 9.84 Å². The lowest BCUT2D eigenvalue weighted by atomic mass is 9.98. The number of rotatable bonds is 6. The lowest BCUT2D eigenvalue weighted by molar-refractivity contribution is -0.0116. The Hall–Kier alpha value is -0.540. The zero-order chi connectivity index (χ0) is 13.8. The van der Waals surface area contributed by atoms with Gasteiger partial charge in [0, 0.05) is 4.47 Å². The van der Waals surface area contributed by atoms with Crippen LogP contribution in [0.15, 0.2) is 22.7 Å². The highest BCUT2D eigenvalue weighted by Crippen LogP contribution is 2.30. The summed E-state index contributed by atoms with van der Waals surface area (Å²) in [7, 11) is 0. The number of aliphatic hydroxyl groups is 1. The normalized spacial score (nSPS) is 11.9. The highest BCUT2D eigenvalue weighted by molar-refractivity contribution is 9.10. The van der Waals surface area contributed by atoms with E-state index >= 15 is 0 Å². The van der Waals surface area contributed by atoms with E-state index in [2.05, 4.69) is 35.8 Å². The van der Waals surface area contributed by atoms with Gasteiger partial charge in [-0.25, -0.2) is 0 Å². The minimum atomic E-state index is -0.721. The lowest BCUT2D eigenvalue weighted by Crippen LogP contribution is -2.34. The predicted octanol–water partition coefficient (Wildman–Crippen LogP) is 4.50. The Morgan fingerprint density at radius 2 is 1.89 bits per heavy atom. The van der Waals surface area contributed by atoms with Crippen molar-refractivity contribution in [3.8, 4) is 5.75 Å². The van der Waals surface area contributed by atoms with E-state index in [1.54, 1.807) is 0 Å². The molecule has 18 heavy (non-hydrogen) atoms. The van der Waals surface area contributed by atoms with Gasteiger partial charge in [0.1, 0.15) is 12.4 Å². The van der Waals surface area contributed by atoms with Gasteiger partial charge in [0.15, 0.2) is 0 Å². The fourth-order valence-electron chi connectivity index (χ4n) is 1.77. The Morgan fingerprint density at radius 1 is 1.28 bits per heavy atom. The predicted molar refractivity (Wildman–Crippen MR) is 79.3 cm³/mol. The SMILES string of the molecule is CCC(O)(CC)COc1ccc(Br)cc1C(C)C. The molecule has 2 nitrogen and oxygen atoms in total. The maximum atomic E-state index is 10.2. The van der Waals surface area contributed by atoms with Crippen molar-refractivity contribution in [2.75, 3.05) is 6.61 Å². The minimum absolute atomic E-state index is 0.349. The first-order valence-electron chi connectivity index (χ1n) is 6.56. The van der Waals surface area contributed by atoms with E-state index in [1.165, 1.54) is 5.56 Å². The summed E-state index contributed by atoms with van der Waals surface area (Å²) in [5.41, 5.74) is 0.445. The number of ether oxygens (including phenoxy) is 1. The topological polar surface area (TPSA) is 29.5 Å². The smallest absolute Gasteiger partial charge is 0.122 e. The maximum absolute atomic E-state index is 10.2. The molecule has 0 saturated heterocycles. The Balaban J connectivity index is 2.85. The van der Waals surface area contributed by atoms with Gasteiger partial charge in [0.25, 0.3) is 0 Å². The molecule has 0 radical (unpaired) electrons. The quantitative estimate of drug-likeness (QED) is 0.837. The van der Waals surface area contributed by atoms with Gasteiger partial charge in [0.2, 0.25) is 0 Å². The molecule has 1 aromatic carbocycles. The van der Waals surface area contributed by atoms with Gasteiger partial charge >= 0.3 is 0 Å². The third-order valence-corrected chi connectivity index (χ3v) is 3.90. The first kappa shape index (κ1) is 15.5. The summed E-state index contributed by atoms with van der Waals surface area (Å²) in [6.45, 7) is 8.60. The number of benzene rings is 1. The zero-order valence-corrected chi connectivity index (χ0v) is 13.3. The molecule has 0 saturated carbocycles. The van der Waals surface area contributed by atoms with Crippen LogP contribution in [-0.2, 0) is 0 Å². The summed E-state index contributed by atoms with van der Waals surface area (Å²) < 4.78 is 6.88. The number of halogens is 1. The van der Waals surface area contributed by atoms with E-state index < -0.39 is 5.60 Å². The largest absolute Gasteiger partial charge is 0.490 e. The van der Waals surface area contributed by atoms with Crippen molar-refractivity contribution >= 4 is 15.9 Å². The Morgan fingerprint density at radius 3 is 2.39 bits per heavy atom. The van der Waals surface area contributed by atoms with Crippen molar-refractivity contribution in [3.63, 3.8) is 0 Å². The molecule has 3 heteroatoms. The van der Waals surface area contributed by atoms with Crippen molar-refractivity contribution in [1.29, 1.82) is 0 Å². The van der Waals surface area contributed by atoms with Crippen LogP contribution in [0.25, 0.3) is 0 Å². The third-order valence-electron chi connectivity index (χ3n) is 3.41. The van der Waals surface area contributed by atoms with E-state index in [1.807, 2.05) is 26.0 Å². The van der Waals surface area contributed by atoms with Crippen LogP contribution in [-0.4, -0.2) is 17.3 Å². The highest BCUT2D eigenvalue weighted by Gasteiger charge is 2.23. The summed E-state index contributed by atoms with van der Waals surface area (Å²) in [5.74, 6) is 1.27. The molecule has 0 amide bonds. The average Bonchev–Trinajstić information content (AvgIpc) is 2.36. The second-order valence-corrected chi connectivity index (χ2v) is 5.97. The molecule has 0 spiro atoms. The van der Waals surface area contributed by atoms with Crippen molar-refractivity contribution < 1.29 is 9.84 Å². The molecular weight excluding hydrogens is 292 g/mol. The summed E-state index contributed by atoms with van der Waals surface area (Å²) in [4.78, 5) is 0. The average molecular weight is 315 g/mol. The molecule has 1 aromatic rings. The summed E-state index contributed by atoms with van der Waals surface area (Å²) >= 11 is 3.48. The molecule has 102 valence electrons. The molecule has 0 unspecified atom stereocenters. The number of hydrogen-bond donors (Lipinski definition) is 1. The summed E-state index contributed by atoms with van der Waals surface area (Å²) in [6, 6.07) is 6.01. The molecule has 1 N–H and O–H groups in total. The minimum Gasteiger partial charge on any atom is -0.490 e. The molecule has 0 aromatic heterocycles. The second kappa shape index (κ2) is 6.58. The monoisotopic (exact) mass is 314 g/mol. The molecule has 0 heterocycles. The number of hydrogen-bond acceptors (Lipinski definition) is 2. The van der Waals surface area contributed by atoms with Gasteiger partial charge in [-0.2, -0.15) is 0 Å². The van der Waals surface area contributed by atoms with E-state index in [4.69, 9.17) is 4.74 Å². The van der Waals surface area contributed by atoms with Crippen molar-refractivity contribution in [3.05, 3.63) is 28.2 Å². The van der Waals surface area contributed by atoms with Crippen LogP contribution in [0.2, 0.25) is 0 Å². The first-order chi connectivity index (χ1) is 8.41. The van der Waals surface area contributed by atoms with E-state index in [0.717, 1.165) is 10.2 Å². The molecular formula is C15H23BrO2. The van der Waals surface area contributed by atoms with E-state index in [0.29, 0.717) is 25.4 Å². The van der Waals surface area contributed by atoms with Crippen LogP contribution in [0, 0.1) is 0 Å². The van der Waals surface area contributed by atoms with Gasteiger partial charge in [-0.15, -0.1) is 0 Å². The van der Waals surface area contributed by atoms with Crippen LogP contribution in [0.4, 0.5) is 0 Å². The molecule has 0 aliphatic heterocycles. The molecule has 0 bridgehead atoms. The van der Waals surface area contributed by atoms with Gasteiger partial charge in [-0.1, -0.05) is 43.6 Å². The molecule has 0 fully saturated rings. The molecule has 0 atom stereocenters. The Labute approximate surface area is 118 Å².